The Morgan fingerprint density at radius 2 is 1.47 bits per heavy atom. The maximum absolute atomic E-state index is 10.8. The molecule has 7 heteroatoms. The normalized spacial score (nSPS) is 9.73. The predicted molar refractivity (Wildman–Crippen MR) is 53.5 cm³/mol. The summed E-state index contributed by atoms with van der Waals surface area (Å²) < 4.78 is 0. The van der Waals surface area contributed by atoms with Crippen LogP contribution in [0.2, 0.25) is 0 Å². The molecule has 0 fully saturated rings. The molecular weight excluding hydrogens is 245 g/mol. The van der Waals surface area contributed by atoms with Gasteiger partial charge in [-0.15, -0.1) is 0 Å². The molecule has 78 valence electrons. The lowest BCUT2D eigenvalue weighted by Crippen LogP contribution is -1.98. The third-order valence-corrected chi connectivity index (χ3v) is 2.02. The van der Waals surface area contributed by atoms with Gasteiger partial charge in [0.2, 0.25) is 0 Å². The van der Waals surface area contributed by atoms with Gasteiger partial charge in [-0.05, 0) is 29.3 Å². The van der Waals surface area contributed by atoms with Crippen molar-refractivity contribution < 1.29 is 14.5 Å². The molecule has 0 amide bonds. The highest BCUT2D eigenvalue weighted by Crippen LogP contribution is 2.19. The van der Waals surface area contributed by atoms with Gasteiger partial charge in [-0.1, -0.05) is 0 Å². The number of benzene rings is 1. The van der Waals surface area contributed by atoms with Gasteiger partial charge < -0.3 is 0 Å². The smallest absolute Gasteiger partial charge is 0.270 e. The summed E-state index contributed by atoms with van der Waals surface area (Å²) in [6.45, 7) is 0. The van der Waals surface area contributed by atoms with Gasteiger partial charge in [-0.25, -0.2) is 0 Å². The molecule has 0 aromatic heterocycles. The Balaban J connectivity index is 3.39. The van der Waals surface area contributed by atoms with Gasteiger partial charge in [0.25, 0.3) is 16.2 Å². The minimum absolute atomic E-state index is 0.144. The van der Waals surface area contributed by atoms with Crippen molar-refractivity contribution in [3.05, 3.63) is 39.4 Å². The Morgan fingerprint density at radius 3 is 1.73 bits per heavy atom. The molecule has 15 heavy (non-hydrogen) atoms. The number of nitrogens with zero attached hydrogens (tertiary/aromatic N) is 1. The van der Waals surface area contributed by atoms with Crippen LogP contribution >= 0.6 is 23.2 Å². The zero-order chi connectivity index (χ0) is 11.6. The number of hydrogen-bond acceptors (Lipinski definition) is 4. The number of carbonyl (C=O) groups is 2. The molecule has 0 spiro atoms. The molecule has 0 unspecified atom stereocenters. The summed E-state index contributed by atoms with van der Waals surface area (Å²) in [5.74, 6) is 0. The van der Waals surface area contributed by atoms with Crippen LogP contribution in [0.15, 0.2) is 18.2 Å². The first-order chi connectivity index (χ1) is 6.91. The Bertz CT molecular complexity index is 379. The second kappa shape index (κ2) is 4.37. The molecule has 0 heterocycles. The first-order valence-corrected chi connectivity index (χ1v) is 4.36. The zero-order valence-corrected chi connectivity index (χ0v) is 8.58. The number of nitro benzene ring substituents is 1. The maximum atomic E-state index is 10.8. The fourth-order valence-electron chi connectivity index (χ4n) is 0.944. The lowest BCUT2D eigenvalue weighted by Gasteiger charge is -1.98. The second-order valence-corrected chi connectivity index (χ2v) is 3.26. The van der Waals surface area contributed by atoms with Crippen LogP contribution in [-0.2, 0) is 0 Å². The van der Waals surface area contributed by atoms with E-state index in [-0.39, 0.29) is 11.1 Å². The van der Waals surface area contributed by atoms with E-state index in [2.05, 4.69) is 0 Å². The molecule has 0 bridgehead atoms. The number of halogens is 2. The van der Waals surface area contributed by atoms with E-state index in [1.165, 1.54) is 0 Å². The van der Waals surface area contributed by atoms with E-state index in [1.807, 2.05) is 0 Å². The SMILES string of the molecule is O=C(Cl)c1cc(C(=O)Cl)cc([N+](=O)[O-])c1. The summed E-state index contributed by atoms with van der Waals surface area (Å²) in [5, 5.41) is 8.67. The van der Waals surface area contributed by atoms with Gasteiger partial charge in [-0.2, -0.15) is 0 Å². The van der Waals surface area contributed by atoms with Crippen LogP contribution in [0.4, 0.5) is 5.69 Å². The monoisotopic (exact) mass is 247 g/mol. The van der Waals surface area contributed by atoms with E-state index in [9.17, 15) is 19.7 Å². The number of nitro groups is 1. The molecule has 1 rings (SSSR count). The van der Waals surface area contributed by atoms with Crippen molar-refractivity contribution in [1.82, 2.24) is 0 Å². The number of rotatable bonds is 3. The first kappa shape index (κ1) is 11.6. The molecule has 0 N–H and O–H groups in total. The van der Waals surface area contributed by atoms with Gasteiger partial charge in [-0.3, -0.25) is 19.7 Å². The summed E-state index contributed by atoms with van der Waals surface area (Å²) in [6.07, 6.45) is 0. The lowest BCUT2D eigenvalue weighted by molar-refractivity contribution is -0.384. The summed E-state index contributed by atoms with van der Waals surface area (Å²) in [6, 6.07) is 3.04. The average molecular weight is 248 g/mol. The number of hydrogen-bond donors (Lipinski definition) is 0. The molecule has 1 aromatic rings. The van der Waals surface area contributed by atoms with Crippen LogP contribution in [0.3, 0.4) is 0 Å². The van der Waals surface area contributed by atoms with E-state index in [4.69, 9.17) is 23.2 Å². The third-order valence-electron chi connectivity index (χ3n) is 1.58. The Hall–Kier alpha value is -1.46. The number of non-ortho nitro benzene ring substituents is 1. The quantitative estimate of drug-likeness (QED) is 0.467. The fourth-order valence-corrected chi connectivity index (χ4v) is 1.16. The van der Waals surface area contributed by atoms with Crippen molar-refractivity contribution in [3.63, 3.8) is 0 Å². The topological polar surface area (TPSA) is 77.3 Å². The summed E-state index contributed by atoms with van der Waals surface area (Å²) in [4.78, 5) is 31.3. The first-order valence-electron chi connectivity index (χ1n) is 3.61. The van der Waals surface area contributed by atoms with Crippen LogP contribution in [0, 0.1) is 10.1 Å². The van der Waals surface area contributed by atoms with E-state index in [0.717, 1.165) is 18.2 Å². The van der Waals surface area contributed by atoms with Crippen molar-refractivity contribution in [2.45, 2.75) is 0 Å². The average Bonchev–Trinajstić information content (AvgIpc) is 2.16. The molecule has 0 saturated carbocycles. The van der Waals surface area contributed by atoms with Crippen molar-refractivity contribution in [2.24, 2.45) is 0 Å². The van der Waals surface area contributed by atoms with Crippen LogP contribution < -0.4 is 0 Å². The van der Waals surface area contributed by atoms with Crippen molar-refractivity contribution in [2.75, 3.05) is 0 Å². The molecule has 0 radical (unpaired) electrons. The fraction of sp³-hybridized carbons (Fsp3) is 0. The molecule has 0 aliphatic rings. The van der Waals surface area contributed by atoms with E-state index < -0.39 is 21.1 Å². The van der Waals surface area contributed by atoms with Crippen molar-refractivity contribution in [1.29, 1.82) is 0 Å². The van der Waals surface area contributed by atoms with Crippen LogP contribution in [0.5, 0.6) is 0 Å². The number of carbonyl (C=O) groups excluding carboxylic acids is 2. The summed E-state index contributed by atoms with van der Waals surface area (Å²) in [7, 11) is 0. The zero-order valence-electron chi connectivity index (χ0n) is 7.07. The minimum Gasteiger partial charge on any atom is -0.276 e. The molecule has 5 nitrogen and oxygen atoms in total. The van der Waals surface area contributed by atoms with Crippen molar-refractivity contribution in [3.8, 4) is 0 Å². The van der Waals surface area contributed by atoms with Crippen LogP contribution in [0.1, 0.15) is 20.7 Å². The second-order valence-electron chi connectivity index (χ2n) is 2.57. The molecule has 1 aromatic carbocycles. The highest BCUT2D eigenvalue weighted by Gasteiger charge is 2.15. The molecule has 0 aliphatic carbocycles. The molecule has 0 atom stereocenters. The molecule has 0 saturated heterocycles. The highest BCUT2D eigenvalue weighted by atomic mass is 35.5. The predicted octanol–water partition coefficient (Wildman–Crippen LogP) is 2.35. The lowest BCUT2D eigenvalue weighted by atomic mass is 10.1. The Labute approximate surface area is 93.7 Å². The van der Waals surface area contributed by atoms with E-state index >= 15 is 0 Å². The van der Waals surface area contributed by atoms with E-state index in [0.29, 0.717) is 0 Å². The maximum Gasteiger partial charge on any atom is 0.270 e. The standard InChI is InChI=1S/C8H3Cl2NO4/c9-7(12)4-1-5(8(10)13)3-6(2-4)11(14)15/h1-3H. The summed E-state index contributed by atoms with van der Waals surface area (Å²) in [5.41, 5.74) is -0.699. The summed E-state index contributed by atoms with van der Waals surface area (Å²) >= 11 is 10.3. The molecule has 0 aliphatic heterocycles. The van der Waals surface area contributed by atoms with Gasteiger partial charge in [0, 0.05) is 23.3 Å². The Morgan fingerprint density at radius 1 is 1.07 bits per heavy atom. The van der Waals surface area contributed by atoms with Crippen LogP contribution in [-0.4, -0.2) is 15.4 Å². The van der Waals surface area contributed by atoms with Crippen molar-refractivity contribution >= 4 is 39.4 Å². The Kier molecular flexibility index (Phi) is 3.39. The van der Waals surface area contributed by atoms with E-state index in [1.54, 1.807) is 0 Å². The highest BCUT2D eigenvalue weighted by molar-refractivity contribution is 6.69. The van der Waals surface area contributed by atoms with Gasteiger partial charge in [0.1, 0.15) is 0 Å². The van der Waals surface area contributed by atoms with Gasteiger partial charge in [0.15, 0.2) is 0 Å². The van der Waals surface area contributed by atoms with Gasteiger partial charge >= 0.3 is 0 Å². The third kappa shape index (κ3) is 2.74. The largest absolute Gasteiger partial charge is 0.276 e. The van der Waals surface area contributed by atoms with Gasteiger partial charge in [0.05, 0.1) is 4.92 Å². The minimum atomic E-state index is -0.891. The van der Waals surface area contributed by atoms with Crippen LogP contribution in [0.25, 0.3) is 0 Å². The molecular formula is C8H3Cl2NO4.